The number of allylic oxidation sites excluding steroid dienone is 1. The van der Waals surface area contributed by atoms with Crippen molar-refractivity contribution >= 4 is 29.8 Å². The molecule has 1 heterocycles. The molecular formula is C27H33ClN4O8. The number of hydrazone groups is 1. The van der Waals surface area contributed by atoms with Gasteiger partial charge in [0.25, 0.3) is 0 Å². The molecule has 0 spiro atoms. The highest BCUT2D eigenvalue weighted by atomic mass is 35.5. The Morgan fingerprint density at radius 3 is 2.52 bits per heavy atom. The van der Waals surface area contributed by atoms with Crippen LogP contribution in [0.5, 0.6) is 23.0 Å². The maximum atomic E-state index is 12.4. The van der Waals surface area contributed by atoms with Gasteiger partial charge in [0.2, 0.25) is 0 Å². The van der Waals surface area contributed by atoms with E-state index in [1.165, 1.54) is 20.4 Å². The predicted octanol–water partition coefficient (Wildman–Crippen LogP) is 3.27. The van der Waals surface area contributed by atoms with Crippen molar-refractivity contribution < 1.29 is 38.4 Å². The van der Waals surface area contributed by atoms with Crippen molar-refractivity contribution in [3.05, 3.63) is 57.8 Å². The van der Waals surface area contributed by atoms with Gasteiger partial charge < -0.3 is 39.4 Å². The number of carbonyl (C=O) groups excluding carboxylic acids is 2. The van der Waals surface area contributed by atoms with E-state index in [2.05, 4.69) is 21.2 Å². The van der Waals surface area contributed by atoms with E-state index in [1.54, 1.807) is 44.2 Å². The van der Waals surface area contributed by atoms with E-state index >= 15 is 0 Å². The average Bonchev–Trinajstić information content (AvgIpc) is 2.92. The van der Waals surface area contributed by atoms with Crippen molar-refractivity contribution in [2.75, 3.05) is 34.0 Å². The minimum Gasteiger partial charge on any atom is -0.491 e. The largest absolute Gasteiger partial charge is 0.491 e. The van der Waals surface area contributed by atoms with E-state index in [0.29, 0.717) is 58.1 Å². The maximum Gasteiger partial charge on any atom is 0.337 e. The molecule has 0 aromatic heterocycles. The molecule has 1 aliphatic heterocycles. The second kappa shape index (κ2) is 14.3. The minimum atomic E-state index is -1.16. The number of methoxy groups -OCH3 is 2. The Bertz CT molecular complexity index is 1280. The van der Waals surface area contributed by atoms with Gasteiger partial charge in [-0.1, -0.05) is 17.7 Å². The standard InChI is InChI=1S/C27H33ClN4O8/c1-6-38-20-12-17(24-23(26(34)37-5)15(3)30-27(35)31-24)8-9-19(20)40-14-22(33)32-29-13-16-10-18(28)25(36-4)21(11-16)39-7-2/h8-13,22,24,32-33H,6-7,14H2,1-5H3,(H2,30,31,35)/b29-13-/t22-,24+/m0/s1. The van der Waals surface area contributed by atoms with Crippen LogP contribution in [0.25, 0.3) is 0 Å². The van der Waals surface area contributed by atoms with Crippen molar-refractivity contribution in [1.29, 1.82) is 0 Å². The van der Waals surface area contributed by atoms with E-state index in [4.69, 9.17) is 35.3 Å². The molecule has 0 radical (unpaired) electrons. The third kappa shape index (κ3) is 7.48. The number of halogens is 1. The molecule has 13 heteroatoms. The molecule has 12 nitrogen and oxygen atoms in total. The Balaban J connectivity index is 1.70. The molecule has 0 aliphatic carbocycles. The molecule has 216 valence electrons. The SMILES string of the molecule is CCOc1cc([C@H]2NC(=O)NC(C)=C2C(=O)OC)ccc1OC[C@H](O)N/N=C\c1cc(Cl)c(OC)c(OCC)c1. The first-order chi connectivity index (χ1) is 19.2. The summed E-state index contributed by atoms with van der Waals surface area (Å²) >= 11 is 6.26. The number of urea groups is 1. The van der Waals surface area contributed by atoms with Crippen LogP contribution in [0.2, 0.25) is 5.02 Å². The number of rotatable bonds is 13. The van der Waals surface area contributed by atoms with Gasteiger partial charge in [0.1, 0.15) is 6.61 Å². The Labute approximate surface area is 237 Å². The van der Waals surface area contributed by atoms with Gasteiger partial charge in [0.05, 0.1) is 50.3 Å². The molecule has 4 N–H and O–H groups in total. The number of aliphatic hydroxyl groups is 1. The van der Waals surface area contributed by atoms with Crippen LogP contribution in [0, 0.1) is 0 Å². The molecule has 40 heavy (non-hydrogen) atoms. The number of benzene rings is 2. The summed E-state index contributed by atoms with van der Waals surface area (Å²) in [7, 11) is 2.77. The fourth-order valence-corrected chi connectivity index (χ4v) is 4.24. The molecule has 0 unspecified atom stereocenters. The first-order valence-electron chi connectivity index (χ1n) is 12.4. The molecule has 0 bridgehead atoms. The van der Waals surface area contributed by atoms with E-state index in [1.807, 2.05) is 6.92 Å². The third-order valence-corrected chi connectivity index (χ3v) is 5.93. The molecule has 2 atom stereocenters. The Kier molecular flexibility index (Phi) is 10.9. The minimum absolute atomic E-state index is 0.166. The zero-order valence-corrected chi connectivity index (χ0v) is 23.6. The lowest BCUT2D eigenvalue weighted by Gasteiger charge is -2.28. The first-order valence-corrected chi connectivity index (χ1v) is 12.8. The van der Waals surface area contributed by atoms with Gasteiger partial charge in [0.15, 0.2) is 29.2 Å². The molecule has 0 saturated heterocycles. The molecular weight excluding hydrogens is 544 g/mol. The summed E-state index contributed by atoms with van der Waals surface area (Å²) in [6, 6.07) is 7.13. The summed E-state index contributed by atoms with van der Waals surface area (Å²) in [6.07, 6.45) is 0.310. The molecule has 1 aliphatic rings. The van der Waals surface area contributed by atoms with Crippen molar-refractivity contribution in [1.82, 2.24) is 16.1 Å². The quantitative estimate of drug-likeness (QED) is 0.122. The van der Waals surface area contributed by atoms with Crippen LogP contribution >= 0.6 is 11.6 Å². The number of carbonyl (C=O) groups is 2. The second-order valence-electron chi connectivity index (χ2n) is 8.38. The van der Waals surface area contributed by atoms with E-state index < -0.39 is 24.3 Å². The lowest BCUT2D eigenvalue weighted by molar-refractivity contribution is -0.136. The Hall–Kier alpha value is -4.16. The average molecular weight is 577 g/mol. The monoisotopic (exact) mass is 576 g/mol. The normalized spacial score (nSPS) is 15.7. The van der Waals surface area contributed by atoms with Gasteiger partial charge in [-0.25, -0.2) is 9.59 Å². The fourth-order valence-electron chi connectivity index (χ4n) is 3.94. The predicted molar refractivity (Wildman–Crippen MR) is 148 cm³/mol. The molecule has 2 aromatic rings. The highest BCUT2D eigenvalue weighted by Crippen LogP contribution is 2.36. The Morgan fingerprint density at radius 2 is 1.85 bits per heavy atom. The number of nitrogens with zero attached hydrogens (tertiary/aromatic N) is 1. The number of ether oxygens (including phenoxy) is 5. The van der Waals surface area contributed by atoms with Crippen molar-refractivity contribution in [2.24, 2.45) is 5.10 Å². The van der Waals surface area contributed by atoms with Gasteiger partial charge >= 0.3 is 12.0 Å². The summed E-state index contributed by atoms with van der Waals surface area (Å²) in [5.74, 6) is 1.03. The second-order valence-corrected chi connectivity index (χ2v) is 8.79. The maximum absolute atomic E-state index is 12.4. The van der Waals surface area contributed by atoms with Crippen LogP contribution in [-0.2, 0) is 9.53 Å². The number of aliphatic hydroxyl groups excluding tert-OH is 1. The van der Waals surface area contributed by atoms with Gasteiger partial charge in [-0.05, 0) is 56.2 Å². The van der Waals surface area contributed by atoms with Gasteiger partial charge in [-0.2, -0.15) is 5.10 Å². The highest BCUT2D eigenvalue weighted by molar-refractivity contribution is 6.32. The van der Waals surface area contributed by atoms with E-state index in [-0.39, 0.29) is 12.2 Å². The topological polar surface area (TPSA) is 149 Å². The fraction of sp³-hybridized carbons (Fsp3) is 0.370. The lowest BCUT2D eigenvalue weighted by Crippen LogP contribution is -2.45. The summed E-state index contributed by atoms with van der Waals surface area (Å²) < 4.78 is 27.2. The van der Waals surface area contributed by atoms with Crippen LogP contribution < -0.4 is 35.0 Å². The molecule has 2 aromatic carbocycles. The van der Waals surface area contributed by atoms with E-state index in [9.17, 15) is 14.7 Å². The third-order valence-electron chi connectivity index (χ3n) is 5.65. The zero-order valence-electron chi connectivity index (χ0n) is 22.9. The van der Waals surface area contributed by atoms with Gasteiger partial charge in [-0.15, -0.1) is 0 Å². The summed E-state index contributed by atoms with van der Waals surface area (Å²) in [5.41, 5.74) is 4.45. The number of hydrogen-bond acceptors (Lipinski definition) is 10. The van der Waals surface area contributed by atoms with E-state index in [0.717, 1.165) is 0 Å². The van der Waals surface area contributed by atoms with Crippen molar-refractivity contribution in [3.8, 4) is 23.0 Å². The van der Waals surface area contributed by atoms with Crippen molar-refractivity contribution in [2.45, 2.75) is 33.0 Å². The molecule has 0 fully saturated rings. The van der Waals surface area contributed by atoms with Crippen LogP contribution in [0.4, 0.5) is 4.79 Å². The van der Waals surface area contributed by atoms with Crippen molar-refractivity contribution in [3.63, 3.8) is 0 Å². The van der Waals surface area contributed by atoms with Gasteiger partial charge in [0, 0.05) is 5.70 Å². The summed E-state index contributed by atoms with van der Waals surface area (Å²) in [5, 5.41) is 20.1. The smallest absolute Gasteiger partial charge is 0.337 e. The highest BCUT2D eigenvalue weighted by Gasteiger charge is 2.32. The molecule has 2 amide bonds. The number of hydrogen-bond donors (Lipinski definition) is 4. The van der Waals surface area contributed by atoms with Crippen LogP contribution in [0.1, 0.15) is 37.9 Å². The number of amides is 2. The zero-order chi connectivity index (χ0) is 29.2. The van der Waals surface area contributed by atoms with Gasteiger partial charge in [-0.3, -0.25) is 5.43 Å². The van der Waals surface area contributed by atoms with Crippen LogP contribution in [-0.4, -0.2) is 63.6 Å². The Morgan fingerprint density at radius 1 is 1.12 bits per heavy atom. The van der Waals surface area contributed by atoms with Crippen LogP contribution in [0.15, 0.2) is 46.7 Å². The summed E-state index contributed by atoms with van der Waals surface area (Å²) in [4.78, 5) is 24.5. The molecule has 0 saturated carbocycles. The number of nitrogens with one attached hydrogen (secondary N) is 3. The summed E-state index contributed by atoms with van der Waals surface area (Å²) in [6.45, 7) is 5.87. The lowest BCUT2D eigenvalue weighted by atomic mass is 9.95. The molecule has 3 rings (SSSR count). The van der Waals surface area contributed by atoms with Crippen LogP contribution in [0.3, 0.4) is 0 Å². The first kappa shape index (κ1) is 30.4. The number of esters is 1.